The molecule has 0 fully saturated rings. The highest BCUT2D eigenvalue weighted by Gasteiger charge is 2.17. The Kier molecular flexibility index (Phi) is 4.51. The molecule has 1 amide bonds. The summed E-state index contributed by atoms with van der Waals surface area (Å²) in [7, 11) is 0. The average Bonchev–Trinajstić information content (AvgIpc) is 2.31. The summed E-state index contributed by atoms with van der Waals surface area (Å²) in [6.07, 6.45) is 0. The third-order valence-electron chi connectivity index (χ3n) is 1.82. The van der Waals surface area contributed by atoms with Gasteiger partial charge in [0, 0.05) is 13.8 Å². The van der Waals surface area contributed by atoms with E-state index in [2.05, 4.69) is 10.3 Å². The summed E-state index contributed by atoms with van der Waals surface area (Å²) in [6, 6.07) is 0. The topological polar surface area (TPSA) is 45.9 Å². The first kappa shape index (κ1) is 11.1. The molecule has 0 saturated heterocycles. The summed E-state index contributed by atoms with van der Waals surface area (Å²) in [4.78, 5) is 16.0. The molecule has 4 heteroatoms. The minimum Gasteiger partial charge on any atom is -0.309 e. The van der Waals surface area contributed by atoms with Crippen LogP contribution in [0, 0.1) is 0 Å². The van der Waals surface area contributed by atoms with Crippen LogP contribution in [0.4, 0.5) is 0 Å². The van der Waals surface area contributed by atoms with E-state index in [0.717, 1.165) is 18.9 Å². The number of hydrogen-bond donors (Lipinski definition) is 2. The second kappa shape index (κ2) is 4.87. The van der Waals surface area contributed by atoms with Crippen LogP contribution in [0.2, 0.25) is 0 Å². The van der Waals surface area contributed by atoms with Crippen molar-refractivity contribution in [2.75, 3.05) is 19.8 Å². The molecule has 0 saturated carbocycles. The Bertz CT molecular complexity index is 189. The zero-order valence-electron chi connectivity index (χ0n) is 6.98. The first-order chi connectivity index (χ1) is 5.20. The number of rotatable bonds is 2. The predicted molar refractivity (Wildman–Crippen MR) is 49.2 cm³/mol. The van der Waals surface area contributed by atoms with Crippen molar-refractivity contribution in [3.05, 3.63) is 0 Å². The molecule has 0 aromatic rings. The maximum absolute atomic E-state index is 10.5. The van der Waals surface area contributed by atoms with E-state index in [9.17, 15) is 4.79 Å². The van der Waals surface area contributed by atoms with Crippen LogP contribution in [0.3, 0.4) is 0 Å². The Balaban J connectivity index is 0.00000121. The summed E-state index contributed by atoms with van der Waals surface area (Å²) >= 11 is 0. The molecule has 2 N–H and O–H groups in total. The van der Waals surface area contributed by atoms with Crippen molar-refractivity contribution >= 4 is 11.7 Å². The smallest absolute Gasteiger partial charge is 0.221 e. The van der Waals surface area contributed by atoms with E-state index >= 15 is 0 Å². The van der Waals surface area contributed by atoms with Gasteiger partial charge in [-0.1, -0.05) is 7.43 Å². The van der Waals surface area contributed by atoms with Crippen LogP contribution in [-0.4, -0.2) is 31.5 Å². The second-order valence-corrected chi connectivity index (χ2v) is 2.73. The molecule has 0 bridgehead atoms. The van der Waals surface area contributed by atoms with Gasteiger partial charge in [-0.25, -0.2) is 4.99 Å². The zero-order chi connectivity index (χ0) is 8.27. The van der Waals surface area contributed by atoms with E-state index in [1.54, 1.807) is 0 Å². The van der Waals surface area contributed by atoms with Crippen LogP contribution in [0.25, 0.3) is 0 Å². The standard InChI is InChI=1S/C7H13N3O.CH4/c1-6-8-3-4-10(6)5-9-7(2)11;/h3-5H2,1-2H3,(H,9,11);1H4/p+1. The monoisotopic (exact) mass is 172 g/mol. The van der Waals surface area contributed by atoms with Gasteiger partial charge in [-0.15, -0.1) is 0 Å². The summed E-state index contributed by atoms with van der Waals surface area (Å²) in [5.41, 5.74) is 0. The van der Waals surface area contributed by atoms with Gasteiger partial charge in [0.05, 0.1) is 6.54 Å². The first-order valence-corrected chi connectivity index (χ1v) is 3.80. The number of aliphatic imine (C=N–C) groups is 1. The van der Waals surface area contributed by atoms with Gasteiger partial charge in [-0.3, -0.25) is 9.69 Å². The predicted octanol–water partition coefficient (Wildman–Crippen LogP) is -0.967. The molecule has 0 aromatic carbocycles. The van der Waals surface area contributed by atoms with Crippen molar-refractivity contribution in [2.24, 2.45) is 4.99 Å². The van der Waals surface area contributed by atoms with Crippen LogP contribution in [0.5, 0.6) is 0 Å². The van der Waals surface area contributed by atoms with E-state index in [-0.39, 0.29) is 13.3 Å². The highest BCUT2D eigenvalue weighted by molar-refractivity contribution is 5.74. The minimum atomic E-state index is 0. The lowest BCUT2D eigenvalue weighted by molar-refractivity contribution is -0.800. The molecule has 70 valence electrons. The number of carbonyl (C=O) groups is 1. The fraction of sp³-hybridized carbons (Fsp3) is 0.750. The highest BCUT2D eigenvalue weighted by Crippen LogP contribution is 1.75. The quantitative estimate of drug-likeness (QED) is 0.553. The van der Waals surface area contributed by atoms with E-state index in [1.807, 2.05) is 6.92 Å². The van der Waals surface area contributed by atoms with E-state index in [1.165, 1.54) is 11.8 Å². The number of amides is 1. The molecule has 0 aromatic heterocycles. The van der Waals surface area contributed by atoms with Crippen LogP contribution in [0.1, 0.15) is 21.3 Å². The van der Waals surface area contributed by atoms with Crippen molar-refractivity contribution in [2.45, 2.75) is 21.3 Å². The molecule has 1 atom stereocenters. The van der Waals surface area contributed by atoms with Crippen molar-refractivity contribution in [1.29, 1.82) is 0 Å². The van der Waals surface area contributed by atoms with Crippen molar-refractivity contribution in [1.82, 2.24) is 5.32 Å². The Hall–Kier alpha value is -0.900. The van der Waals surface area contributed by atoms with Gasteiger partial charge < -0.3 is 5.32 Å². The summed E-state index contributed by atoms with van der Waals surface area (Å²) in [5.74, 6) is 1.12. The number of quaternary nitrogens is 1. The average molecular weight is 172 g/mol. The molecule has 1 heterocycles. The Morgan fingerprint density at radius 2 is 2.42 bits per heavy atom. The molecule has 12 heavy (non-hydrogen) atoms. The fourth-order valence-corrected chi connectivity index (χ4v) is 1.10. The van der Waals surface area contributed by atoms with Gasteiger partial charge in [-0.2, -0.15) is 0 Å². The van der Waals surface area contributed by atoms with Crippen LogP contribution in [0.15, 0.2) is 4.99 Å². The molecule has 4 nitrogen and oxygen atoms in total. The first-order valence-electron chi connectivity index (χ1n) is 3.80. The Morgan fingerprint density at radius 3 is 2.83 bits per heavy atom. The third-order valence-corrected chi connectivity index (χ3v) is 1.82. The number of hydrogen-bond acceptors (Lipinski definition) is 2. The molecule has 1 aliphatic heterocycles. The van der Waals surface area contributed by atoms with Gasteiger partial charge in [0.1, 0.15) is 6.54 Å². The highest BCUT2D eigenvalue weighted by atomic mass is 16.1. The minimum absolute atomic E-state index is 0. The fourth-order valence-electron chi connectivity index (χ4n) is 1.10. The summed E-state index contributed by atoms with van der Waals surface area (Å²) < 4.78 is 0. The Morgan fingerprint density at radius 1 is 1.75 bits per heavy atom. The van der Waals surface area contributed by atoms with Gasteiger partial charge >= 0.3 is 0 Å². The van der Waals surface area contributed by atoms with Gasteiger partial charge in [-0.05, 0) is 0 Å². The van der Waals surface area contributed by atoms with Crippen LogP contribution in [-0.2, 0) is 4.79 Å². The van der Waals surface area contributed by atoms with Gasteiger partial charge in [0.15, 0.2) is 12.5 Å². The molecule has 1 unspecified atom stereocenters. The number of nitrogens with one attached hydrogen (secondary N) is 2. The van der Waals surface area contributed by atoms with Gasteiger partial charge in [0.25, 0.3) is 0 Å². The van der Waals surface area contributed by atoms with Crippen molar-refractivity contribution in [3.8, 4) is 0 Å². The van der Waals surface area contributed by atoms with Crippen LogP contribution < -0.4 is 10.2 Å². The molecular formula is C8H18N3O+. The molecule has 0 aliphatic carbocycles. The molecule has 1 rings (SSSR count). The second-order valence-electron chi connectivity index (χ2n) is 2.73. The number of nitrogens with zero attached hydrogens (tertiary/aromatic N) is 1. The largest absolute Gasteiger partial charge is 0.309 e. The molecule has 1 aliphatic rings. The molecular weight excluding hydrogens is 154 g/mol. The van der Waals surface area contributed by atoms with E-state index in [0.29, 0.717) is 6.67 Å². The number of carbonyl (C=O) groups excluding carboxylic acids is 1. The molecule has 0 radical (unpaired) electrons. The SMILES string of the molecule is C.CC(=O)NC[NH+]1CCN=C1C. The maximum atomic E-state index is 10.5. The third kappa shape index (κ3) is 3.00. The van der Waals surface area contributed by atoms with Crippen molar-refractivity contribution in [3.63, 3.8) is 0 Å². The lowest BCUT2D eigenvalue weighted by Gasteiger charge is -2.11. The molecule has 0 spiro atoms. The number of amidine groups is 1. The normalized spacial score (nSPS) is 21.2. The van der Waals surface area contributed by atoms with Crippen LogP contribution >= 0.6 is 0 Å². The van der Waals surface area contributed by atoms with Gasteiger partial charge in [0.2, 0.25) is 5.91 Å². The maximum Gasteiger partial charge on any atom is 0.221 e. The Labute approximate surface area is 73.7 Å². The lowest BCUT2D eigenvalue weighted by Crippen LogP contribution is -3.14. The lowest BCUT2D eigenvalue weighted by atomic mass is 10.5. The van der Waals surface area contributed by atoms with Crippen molar-refractivity contribution < 1.29 is 9.69 Å². The van der Waals surface area contributed by atoms with E-state index in [4.69, 9.17) is 0 Å². The van der Waals surface area contributed by atoms with E-state index < -0.39 is 0 Å². The zero-order valence-corrected chi connectivity index (χ0v) is 6.98. The summed E-state index contributed by atoms with van der Waals surface area (Å²) in [5, 5.41) is 2.76. The summed E-state index contributed by atoms with van der Waals surface area (Å²) in [6.45, 7) is 6.09.